The quantitative estimate of drug-likeness (QED) is 0.529. The summed E-state index contributed by atoms with van der Waals surface area (Å²) in [6.07, 6.45) is -4.46. The Morgan fingerprint density at radius 3 is 2.45 bits per heavy atom. The number of aliphatic hydroxyl groups excluding tert-OH is 4. The highest BCUT2D eigenvalue weighted by atomic mass is 35.5. The van der Waals surface area contributed by atoms with Gasteiger partial charge in [-0.2, -0.15) is 0 Å². The highest BCUT2D eigenvalue weighted by Crippen LogP contribution is 2.34. The highest BCUT2D eigenvalue weighted by Gasteiger charge is 2.44. The maximum atomic E-state index is 10.4. The summed E-state index contributed by atoms with van der Waals surface area (Å²) in [6, 6.07) is 13.0. The summed E-state index contributed by atoms with van der Waals surface area (Å²) < 4.78 is 16.9. The van der Waals surface area contributed by atoms with Gasteiger partial charge in [-0.3, -0.25) is 0 Å². The second-order valence-corrected chi connectivity index (χ2v) is 8.43. The molecule has 7 nitrogen and oxygen atoms in total. The first-order valence-corrected chi connectivity index (χ1v) is 10.8. The predicted octanol–water partition coefficient (Wildman–Crippen LogP) is 1.61. The molecule has 2 fully saturated rings. The molecule has 2 aromatic rings. The summed E-state index contributed by atoms with van der Waals surface area (Å²) in [4.78, 5) is 0. The number of ether oxygens (including phenoxy) is 3. The maximum Gasteiger partial charge on any atom is 0.124 e. The third kappa shape index (κ3) is 5.04. The second-order valence-electron chi connectivity index (χ2n) is 8.02. The van der Waals surface area contributed by atoms with Crippen LogP contribution in [0.25, 0.3) is 0 Å². The molecule has 31 heavy (non-hydrogen) atoms. The Labute approximate surface area is 185 Å². The van der Waals surface area contributed by atoms with Crippen molar-refractivity contribution >= 4 is 11.6 Å². The molecule has 0 radical (unpaired) electrons. The van der Waals surface area contributed by atoms with Gasteiger partial charge in [-0.15, -0.1) is 0 Å². The van der Waals surface area contributed by atoms with Crippen LogP contribution in [0, 0.1) is 0 Å². The molecule has 2 aliphatic rings. The van der Waals surface area contributed by atoms with Gasteiger partial charge in [0.2, 0.25) is 0 Å². The molecular weight excluding hydrogens is 424 g/mol. The van der Waals surface area contributed by atoms with E-state index in [1.807, 2.05) is 30.3 Å². The Bertz CT molecular complexity index is 867. The van der Waals surface area contributed by atoms with Crippen LogP contribution in [-0.4, -0.2) is 70.8 Å². The lowest BCUT2D eigenvalue weighted by molar-refractivity contribution is -0.231. The van der Waals surface area contributed by atoms with E-state index < -0.39 is 37.1 Å². The molecule has 0 amide bonds. The van der Waals surface area contributed by atoms with E-state index in [9.17, 15) is 20.4 Å². The summed E-state index contributed by atoms with van der Waals surface area (Å²) in [5.41, 5.74) is 2.47. The Balaban J connectivity index is 1.49. The molecule has 4 rings (SSSR count). The van der Waals surface area contributed by atoms with E-state index in [-0.39, 0.29) is 6.10 Å². The van der Waals surface area contributed by atoms with Crippen molar-refractivity contribution in [2.45, 2.75) is 49.5 Å². The van der Waals surface area contributed by atoms with E-state index in [4.69, 9.17) is 25.8 Å². The van der Waals surface area contributed by atoms with Crippen LogP contribution >= 0.6 is 11.6 Å². The number of benzene rings is 2. The summed E-state index contributed by atoms with van der Waals surface area (Å²) in [5.74, 6) is 0.792. The van der Waals surface area contributed by atoms with E-state index in [1.54, 1.807) is 12.1 Å². The van der Waals surface area contributed by atoms with Crippen molar-refractivity contribution in [2.75, 3.05) is 19.8 Å². The zero-order valence-corrected chi connectivity index (χ0v) is 17.7. The molecule has 6 atom stereocenters. The molecule has 2 aliphatic heterocycles. The summed E-state index contributed by atoms with van der Waals surface area (Å²) >= 11 is 6.40. The van der Waals surface area contributed by atoms with E-state index >= 15 is 0 Å². The van der Waals surface area contributed by atoms with Crippen LogP contribution in [-0.2, 0) is 15.9 Å². The topological polar surface area (TPSA) is 109 Å². The zero-order chi connectivity index (χ0) is 22.0. The second kappa shape index (κ2) is 9.83. The van der Waals surface area contributed by atoms with Crippen molar-refractivity contribution in [3.05, 3.63) is 64.2 Å². The van der Waals surface area contributed by atoms with Gasteiger partial charge >= 0.3 is 0 Å². The molecule has 0 aliphatic carbocycles. The molecule has 1 unspecified atom stereocenters. The van der Waals surface area contributed by atoms with Gasteiger partial charge in [0, 0.05) is 11.4 Å². The lowest BCUT2D eigenvalue weighted by Gasteiger charge is -2.40. The Morgan fingerprint density at radius 1 is 1.00 bits per heavy atom. The molecule has 8 heteroatoms. The van der Waals surface area contributed by atoms with Crippen LogP contribution in [0.4, 0.5) is 0 Å². The number of aliphatic hydroxyl groups is 4. The van der Waals surface area contributed by atoms with Crippen LogP contribution in [0.5, 0.6) is 5.75 Å². The van der Waals surface area contributed by atoms with Crippen LogP contribution < -0.4 is 4.74 Å². The Kier molecular flexibility index (Phi) is 7.13. The summed E-state index contributed by atoms with van der Waals surface area (Å²) in [7, 11) is 0. The van der Waals surface area contributed by atoms with E-state index in [0.29, 0.717) is 23.6 Å². The number of hydrogen-bond donors (Lipinski definition) is 4. The number of rotatable bonds is 6. The van der Waals surface area contributed by atoms with E-state index in [0.717, 1.165) is 29.9 Å². The molecule has 168 valence electrons. The largest absolute Gasteiger partial charge is 0.488 e. The number of halogens is 1. The fraction of sp³-hybridized carbons (Fsp3) is 0.478. The lowest BCUT2D eigenvalue weighted by atomic mass is 9.90. The zero-order valence-electron chi connectivity index (χ0n) is 16.9. The van der Waals surface area contributed by atoms with Crippen molar-refractivity contribution < 1.29 is 34.6 Å². The number of hydrogen-bond acceptors (Lipinski definition) is 7. The molecule has 0 bridgehead atoms. The van der Waals surface area contributed by atoms with Gasteiger partial charge in [-0.1, -0.05) is 35.9 Å². The lowest BCUT2D eigenvalue weighted by Crippen LogP contribution is -2.55. The van der Waals surface area contributed by atoms with Gasteiger partial charge in [-0.25, -0.2) is 0 Å². The molecule has 4 N–H and O–H groups in total. The monoisotopic (exact) mass is 450 g/mol. The minimum Gasteiger partial charge on any atom is -0.488 e. The Morgan fingerprint density at radius 2 is 1.77 bits per heavy atom. The Hall–Kier alpha value is -1.71. The van der Waals surface area contributed by atoms with Crippen LogP contribution in [0.2, 0.25) is 5.02 Å². The first-order valence-electron chi connectivity index (χ1n) is 10.4. The normalized spacial score (nSPS) is 31.0. The van der Waals surface area contributed by atoms with Crippen LogP contribution in [0.3, 0.4) is 0 Å². The fourth-order valence-corrected chi connectivity index (χ4v) is 4.17. The third-order valence-corrected chi connectivity index (χ3v) is 6.17. The summed E-state index contributed by atoms with van der Waals surface area (Å²) in [5, 5.41) is 40.5. The van der Waals surface area contributed by atoms with Gasteiger partial charge in [0.05, 0.1) is 19.8 Å². The predicted molar refractivity (Wildman–Crippen MR) is 113 cm³/mol. The summed E-state index contributed by atoms with van der Waals surface area (Å²) in [6.45, 7) is 0.872. The van der Waals surface area contributed by atoms with Gasteiger partial charge in [0.1, 0.15) is 42.4 Å². The minimum absolute atomic E-state index is 0.0931. The molecule has 2 saturated heterocycles. The first kappa shape index (κ1) is 22.5. The average molecular weight is 451 g/mol. The third-order valence-electron chi connectivity index (χ3n) is 5.80. The van der Waals surface area contributed by atoms with Crippen molar-refractivity contribution in [2.24, 2.45) is 0 Å². The van der Waals surface area contributed by atoms with E-state index in [1.165, 1.54) is 0 Å². The first-order chi connectivity index (χ1) is 15.0. The van der Waals surface area contributed by atoms with Gasteiger partial charge in [-0.05, 0) is 41.3 Å². The van der Waals surface area contributed by atoms with Gasteiger partial charge < -0.3 is 34.6 Å². The fourth-order valence-electron chi connectivity index (χ4n) is 3.99. The molecular formula is C23H27ClO7. The van der Waals surface area contributed by atoms with Crippen LogP contribution in [0.15, 0.2) is 42.5 Å². The average Bonchev–Trinajstić information content (AvgIpc) is 3.28. The molecule has 2 heterocycles. The molecule has 0 spiro atoms. The molecule has 0 saturated carbocycles. The van der Waals surface area contributed by atoms with E-state index in [2.05, 4.69) is 0 Å². The maximum absolute atomic E-state index is 10.4. The van der Waals surface area contributed by atoms with Crippen molar-refractivity contribution in [1.82, 2.24) is 0 Å². The van der Waals surface area contributed by atoms with Crippen molar-refractivity contribution in [1.29, 1.82) is 0 Å². The SMILES string of the molecule is OC[C@H]1OC(c2ccc(Cl)c(Cc3ccc(O[C@H]4CCOC4)cc3)c2)[C@H](O)[C@@H](O)[C@@H]1O. The van der Waals surface area contributed by atoms with Crippen molar-refractivity contribution in [3.63, 3.8) is 0 Å². The van der Waals surface area contributed by atoms with Crippen LogP contribution in [0.1, 0.15) is 29.2 Å². The minimum atomic E-state index is -1.42. The molecule has 0 aromatic heterocycles. The smallest absolute Gasteiger partial charge is 0.124 e. The highest BCUT2D eigenvalue weighted by molar-refractivity contribution is 6.31. The standard InChI is InChI=1S/C23H27ClO7/c24-18-6-3-14(23-22(28)21(27)20(26)19(11-25)31-23)10-15(18)9-13-1-4-16(5-2-13)30-17-7-8-29-12-17/h1-6,10,17,19-23,25-28H,7-9,11-12H2/t17-,19+,20+,21-,22+,23?/m0/s1. The van der Waals surface area contributed by atoms with Gasteiger partial charge in [0.15, 0.2) is 0 Å². The van der Waals surface area contributed by atoms with Crippen molar-refractivity contribution in [3.8, 4) is 5.75 Å². The van der Waals surface area contributed by atoms with Gasteiger partial charge in [0.25, 0.3) is 0 Å². The molecule has 2 aromatic carbocycles.